The maximum atomic E-state index is 12.3. The molecular weight excluding hydrogens is 378 g/mol. The lowest BCUT2D eigenvalue weighted by molar-refractivity contribution is -0.118. The third-order valence-electron chi connectivity index (χ3n) is 4.47. The molecule has 2 atom stereocenters. The highest BCUT2D eigenvalue weighted by Gasteiger charge is 2.61. The van der Waals surface area contributed by atoms with Gasteiger partial charge in [-0.25, -0.2) is 17.9 Å². The van der Waals surface area contributed by atoms with Crippen LogP contribution in [-0.2, 0) is 19.6 Å². The Morgan fingerprint density at radius 3 is 2.19 bits per heavy atom. The van der Waals surface area contributed by atoms with E-state index >= 15 is 0 Å². The van der Waals surface area contributed by atoms with E-state index in [1.165, 1.54) is 12.1 Å². The molecule has 0 radical (unpaired) electrons. The number of carbonyl (C=O) groups excluding carboxylic acids is 2. The Hall–Kier alpha value is -1.60. The fraction of sp³-hybridized carbons (Fsp3) is 0.556. The van der Waals surface area contributed by atoms with Gasteiger partial charge in [-0.05, 0) is 49.8 Å². The lowest BCUT2D eigenvalue weighted by Gasteiger charge is -2.19. The summed E-state index contributed by atoms with van der Waals surface area (Å²) in [5.41, 5.74) is -0.138. The van der Waals surface area contributed by atoms with Crippen molar-refractivity contribution >= 4 is 33.5 Å². The van der Waals surface area contributed by atoms with Crippen LogP contribution in [0.3, 0.4) is 0 Å². The van der Waals surface area contributed by atoms with E-state index in [-0.39, 0.29) is 33.8 Å². The topological polar surface area (TPSA) is 89.5 Å². The molecule has 0 aliphatic heterocycles. The van der Waals surface area contributed by atoms with Crippen LogP contribution in [0, 0.1) is 11.3 Å². The molecule has 1 aromatic carbocycles. The van der Waals surface area contributed by atoms with E-state index in [1.807, 2.05) is 18.6 Å². The van der Waals surface area contributed by atoms with E-state index in [4.69, 9.17) is 16.3 Å². The van der Waals surface area contributed by atoms with Gasteiger partial charge >= 0.3 is 6.09 Å². The van der Waals surface area contributed by atoms with E-state index in [0.29, 0.717) is 0 Å². The molecule has 0 saturated heterocycles. The predicted molar refractivity (Wildman–Crippen MR) is 98.7 cm³/mol. The molecule has 1 aliphatic rings. The third-order valence-corrected chi connectivity index (χ3v) is 6.06. The molecule has 0 heterocycles. The minimum absolute atomic E-state index is 0.00400. The van der Waals surface area contributed by atoms with Crippen LogP contribution < -0.4 is 4.72 Å². The molecule has 26 heavy (non-hydrogen) atoms. The Morgan fingerprint density at radius 2 is 1.73 bits per heavy atom. The molecule has 1 saturated carbocycles. The zero-order valence-corrected chi connectivity index (χ0v) is 17.1. The van der Waals surface area contributed by atoms with E-state index in [2.05, 4.69) is 0 Å². The molecule has 8 heteroatoms. The van der Waals surface area contributed by atoms with Crippen LogP contribution >= 0.6 is 11.6 Å². The van der Waals surface area contributed by atoms with Crippen LogP contribution in [0.4, 0.5) is 4.79 Å². The van der Waals surface area contributed by atoms with Gasteiger partial charge in [0.2, 0.25) is 0 Å². The number of hydrogen-bond acceptors (Lipinski definition) is 5. The smallest absolute Gasteiger partial charge is 0.421 e. The quantitative estimate of drug-likeness (QED) is 0.763. The van der Waals surface area contributed by atoms with Gasteiger partial charge in [-0.15, -0.1) is 11.6 Å². The summed E-state index contributed by atoms with van der Waals surface area (Å²) in [7, 11) is -4.03. The maximum Gasteiger partial charge on any atom is 0.421 e. The number of carbonyl (C=O) groups is 2. The molecule has 1 fully saturated rings. The fourth-order valence-corrected chi connectivity index (χ4v) is 4.31. The highest BCUT2D eigenvalue weighted by molar-refractivity contribution is 7.90. The first-order chi connectivity index (χ1) is 11.8. The van der Waals surface area contributed by atoms with Crippen molar-refractivity contribution in [3.8, 4) is 0 Å². The maximum absolute atomic E-state index is 12.3. The van der Waals surface area contributed by atoms with Crippen molar-refractivity contribution in [3.05, 3.63) is 29.8 Å². The van der Waals surface area contributed by atoms with Gasteiger partial charge in [0.25, 0.3) is 10.0 Å². The largest absolute Gasteiger partial charge is 0.443 e. The first-order valence-electron chi connectivity index (χ1n) is 8.24. The van der Waals surface area contributed by atoms with E-state index < -0.39 is 21.7 Å². The zero-order valence-electron chi connectivity index (χ0n) is 15.5. The van der Waals surface area contributed by atoms with Gasteiger partial charge < -0.3 is 4.74 Å². The molecule has 1 aromatic rings. The minimum atomic E-state index is -4.03. The molecule has 0 aromatic heterocycles. The predicted octanol–water partition coefficient (Wildman–Crippen LogP) is 3.45. The van der Waals surface area contributed by atoms with Gasteiger partial charge in [-0.2, -0.15) is 0 Å². The first kappa shape index (κ1) is 20.7. The second-order valence-corrected chi connectivity index (χ2v) is 10.0. The minimum Gasteiger partial charge on any atom is -0.443 e. The number of amides is 1. The Bertz CT molecular complexity index is 809. The van der Waals surface area contributed by atoms with Crippen molar-refractivity contribution < 1.29 is 22.7 Å². The van der Waals surface area contributed by atoms with Crippen molar-refractivity contribution in [1.29, 1.82) is 0 Å². The number of sulfonamides is 1. The van der Waals surface area contributed by atoms with Crippen LogP contribution in [0.2, 0.25) is 0 Å². The number of halogens is 1. The fourth-order valence-electron chi connectivity index (χ4n) is 3.27. The van der Waals surface area contributed by atoms with Crippen LogP contribution in [0.25, 0.3) is 0 Å². The zero-order chi connectivity index (χ0) is 19.9. The van der Waals surface area contributed by atoms with Crippen LogP contribution in [0.5, 0.6) is 0 Å². The number of ether oxygens (including phenoxy) is 1. The molecule has 1 aliphatic carbocycles. The highest BCUT2D eigenvalue weighted by atomic mass is 35.5. The molecule has 6 nitrogen and oxygen atoms in total. The summed E-state index contributed by atoms with van der Waals surface area (Å²) in [5, 5.41) is 0. The lowest BCUT2D eigenvalue weighted by Crippen LogP contribution is -2.36. The Labute approximate surface area is 159 Å². The van der Waals surface area contributed by atoms with Gasteiger partial charge in [-0.3, -0.25) is 4.79 Å². The van der Waals surface area contributed by atoms with Crippen LogP contribution in [0.15, 0.2) is 29.2 Å². The van der Waals surface area contributed by atoms with Crippen molar-refractivity contribution in [2.75, 3.05) is 5.88 Å². The summed E-state index contributed by atoms with van der Waals surface area (Å²) < 4.78 is 31.4. The van der Waals surface area contributed by atoms with Gasteiger partial charge in [0, 0.05) is 5.92 Å². The standard InChI is InChI=1S/C18H24ClNO5S/c1-17(2,3)25-16(22)20-26(23,24)12-8-6-11(7-9-12)14-15(13(21)10-19)18(14,4)5/h6-9,14-15H,10H2,1-5H3,(H,20,22)/t14-,15-/m0/s1. The Balaban J connectivity index is 2.15. The number of alkyl halides is 1. The average Bonchev–Trinajstić information content (AvgIpc) is 3.06. The van der Waals surface area contributed by atoms with Crippen molar-refractivity contribution in [3.63, 3.8) is 0 Å². The van der Waals surface area contributed by atoms with E-state index in [9.17, 15) is 18.0 Å². The lowest BCUT2D eigenvalue weighted by atomic mass is 10.0. The number of ketones is 1. The molecule has 2 rings (SSSR count). The Kier molecular flexibility index (Phi) is 5.46. The monoisotopic (exact) mass is 401 g/mol. The van der Waals surface area contributed by atoms with Crippen LogP contribution in [-0.4, -0.2) is 31.8 Å². The summed E-state index contributed by atoms with van der Waals surface area (Å²) in [6.07, 6.45) is -1.03. The normalized spacial score (nSPS) is 21.8. The van der Waals surface area contributed by atoms with E-state index in [0.717, 1.165) is 5.56 Å². The summed E-state index contributed by atoms with van der Waals surface area (Å²) in [5.74, 6) is -0.201. The van der Waals surface area contributed by atoms with Gasteiger partial charge in [0.05, 0.1) is 10.8 Å². The van der Waals surface area contributed by atoms with Crippen molar-refractivity contribution in [1.82, 2.24) is 4.72 Å². The second kappa shape index (κ2) is 6.85. The molecule has 1 amide bonds. The second-order valence-electron chi connectivity index (χ2n) is 8.05. The van der Waals surface area contributed by atoms with Crippen molar-refractivity contribution in [2.45, 2.75) is 51.0 Å². The Morgan fingerprint density at radius 1 is 1.19 bits per heavy atom. The third kappa shape index (κ3) is 4.38. The van der Waals surface area contributed by atoms with Crippen LogP contribution in [0.1, 0.15) is 46.1 Å². The van der Waals surface area contributed by atoms with Crippen molar-refractivity contribution in [2.24, 2.45) is 11.3 Å². The number of hydrogen-bond donors (Lipinski definition) is 1. The molecule has 0 unspecified atom stereocenters. The SMILES string of the molecule is CC(C)(C)OC(=O)NS(=O)(=O)c1ccc([C@H]2[C@H](C(=O)CCl)C2(C)C)cc1. The first-order valence-corrected chi connectivity index (χ1v) is 10.3. The highest BCUT2D eigenvalue weighted by Crippen LogP contribution is 2.64. The number of Topliss-reactive ketones (excluding diaryl/α,β-unsaturated/α-hetero) is 1. The van der Waals surface area contributed by atoms with Gasteiger partial charge in [0.1, 0.15) is 5.60 Å². The molecule has 0 bridgehead atoms. The van der Waals surface area contributed by atoms with Gasteiger partial charge in [-0.1, -0.05) is 26.0 Å². The van der Waals surface area contributed by atoms with Gasteiger partial charge in [0.15, 0.2) is 5.78 Å². The van der Waals surface area contributed by atoms with E-state index in [1.54, 1.807) is 32.9 Å². The summed E-state index contributed by atoms with van der Waals surface area (Å²) in [4.78, 5) is 23.6. The number of nitrogens with one attached hydrogen (secondary N) is 1. The molecule has 144 valence electrons. The summed E-state index contributed by atoms with van der Waals surface area (Å²) >= 11 is 5.67. The molecular formula is C18H24ClNO5S. The summed E-state index contributed by atoms with van der Waals surface area (Å²) in [6, 6.07) is 6.16. The number of rotatable bonds is 5. The molecule has 1 N–H and O–H groups in total. The summed E-state index contributed by atoms with van der Waals surface area (Å²) in [6.45, 7) is 8.90. The number of benzene rings is 1. The molecule has 0 spiro atoms. The average molecular weight is 402 g/mol.